The number of hydrogen-bond donors (Lipinski definition) is 1. The maximum atomic E-state index is 13.6. The molecule has 0 saturated heterocycles. The molecule has 0 fully saturated rings. The quantitative estimate of drug-likeness (QED) is 0.904. The van der Waals surface area contributed by atoms with Crippen molar-refractivity contribution < 1.29 is 9.50 Å². The molecule has 1 heterocycles. The molecule has 0 atom stereocenters. The van der Waals surface area contributed by atoms with Crippen LogP contribution in [-0.4, -0.2) is 10.1 Å². The lowest BCUT2D eigenvalue weighted by atomic mass is 10.1. The van der Waals surface area contributed by atoms with E-state index >= 15 is 0 Å². The molecule has 88 valence electrons. The summed E-state index contributed by atoms with van der Waals surface area (Å²) in [6.07, 6.45) is 0. The van der Waals surface area contributed by atoms with Crippen LogP contribution in [0.4, 0.5) is 4.39 Å². The van der Waals surface area contributed by atoms with E-state index < -0.39 is 5.82 Å². The van der Waals surface area contributed by atoms with Crippen molar-refractivity contribution in [2.45, 2.75) is 6.61 Å². The lowest BCUT2D eigenvalue weighted by molar-refractivity contribution is 0.276. The number of aromatic nitrogens is 1. The van der Waals surface area contributed by atoms with Crippen molar-refractivity contribution in [2.24, 2.45) is 0 Å². The van der Waals surface area contributed by atoms with Gasteiger partial charge in [0.05, 0.1) is 12.3 Å². The van der Waals surface area contributed by atoms with E-state index in [2.05, 4.69) is 4.98 Å². The summed E-state index contributed by atoms with van der Waals surface area (Å²) < 4.78 is 13.6. The Kier molecular flexibility index (Phi) is 3.62. The number of pyridine rings is 1. The van der Waals surface area contributed by atoms with Gasteiger partial charge in [0.1, 0.15) is 11.5 Å². The van der Waals surface area contributed by atoms with E-state index in [1.165, 1.54) is 12.1 Å². The Morgan fingerprint density at radius 2 is 1.76 bits per heavy atom. The molecular weight excluding hydrogens is 264 g/mol. The Balaban J connectivity index is 2.58. The zero-order valence-electron chi connectivity index (χ0n) is 8.62. The van der Waals surface area contributed by atoms with Gasteiger partial charge in [-0.2, -0.15) is 0 Å². The van der Waals surface area contributed by atoms with Crippen molar-refractivity contribution in [1.82, 2.24) is 4.98 Å². The topological polar surface area (TPSA) is 33.1 Å². The Labute approximate surface area is 108 Å². The lowest BCUT2D eigenvalue weighted by Gasteiger charge is -2.06. The molecule has 0 aliphatic rings. The molecule has 5 heteroatoms. The van der Waals surface area contributed by atoms with Crippen LogP contribution in [-0.2, 0) is 6.61 Å². The molecule has 2 nitrogen and oxygen atoms in total. The van der Waals surface area contributed by atoms with Crippen LogP contribution in [0.3, 0.4) is 0 Å². The van der Waals surface area contributed by atoms with E-state index in [9.17, 15) is 4.39 Å². The third kappa shape index (κ3) is 2.75. The maximum absolute atomic E-state index is 13.6. The molecule has 0 amide bonds. The predicted octanol–water partition coefficient (Wildman–Crippen LogP) is 3.69. The normalized spacial score (nSPS) is 10.6. The van der Waals surface area contributed by atoms with E-state index in [0.717, 1.165) is 0 Å². The summed E-state index contributed by atoms with van der Waals surface area (Å²) in [6.45, 7) is -0.248. The third-order valence-electron chi connectivity index (χ3n) is 2.20. The van der Waals surface area contributed by atoms with Crippen LogP contribution < -0.4 is 0 Å². The van der Waals surface area contributed by atoms with E-state index in [0.29, 0.717) is 21.3 Å². The number of halogens is 3. The Morgan fingerprint density at radius 1 is 1.12 bits per heavy atom. The molecule has 2 aromatic rings. The van der Waals surface area contributed by atoms with Crippen molar-refractivity contribution in [3.63, 3.8) is 0 Å². The first-order valence-corrected chi connectivity index (χ1v) is 5.58. The number of rotatable bonds is 2. The van der Waals surface area contributed by atoms with E-state index in [1.54, 1.807) is 18.2 Å². The minimum absolute atomic E-state index is 0.126. The summed E-state index contributed by atoms with van der Waals surface area (Å²) >= 11 is 11.7. The smallest absolute Gasteiger partial charge is 0.149 e. The fourth-order valence-electron chi connectivity index (χ4n) is 1.46. The Bertz CT molecular complexity index is 540. The highest BCUT2D eigenvalue weighted by Crippen LogP contribution is 2.27. The summed E-state index contributed by atoms with van der Waals surface area (Å²) in [5, 5.41) is 9.78. The number of hydrogen-bond acceptors (Lipinski definition) is 2. The van der Waals surface area contributed by atoms with Crippen LogP contribution in [0, 0.1) is 5.82 Å². The fraction of sp³-hybridized carbons (Fsp3) is 0.0833. The van der Waals surface area contributed by atoms with E-state index in [-0.39, 0.29) is 12.3 Å². The highest BCUT2D eigenvalue weighted by molar-refractivity contribution is 6.35. The van der Waals surface area contributed by atoms with Gasteiger partial charge in [0.2, 0.25) is 0 Å². The van der Waals surface area contributed by atoms with E-state index in [1.807, 2.05) is 0 Å². The highest BCUT2D eigenvalue weighted by atomic mass is 35.5. The number of aliphatic hydroxyl groups excluding tert-OH is 1. The van der Waals surface area contributed by atoms with Gasteiger partial charge in [0.25, 0.3) is 0 Å². The summed E-state index contributed by atoms with van der Waals surface area (Å²) in [4.78, 5) is 4.00. The molecule has 0 spiro atoms. The van der Waals surface area contributed by atoms with Crippen LogP contribution in [0.5, 0.6) is 0 Å². The highest BCUT2D eigenvalue weighted by Gasteiger charge is 2.09. The molecule has 0 aliphatic carbocycles. The molecule has 0 radical (unpaired) electrons. The van der Waals surface area contributed by atoms with Crippen LogP contribution in [0.1, 0.15) is 5.69 Å². The van der Waals surface area contributed by atoms with Crippen LogP contribution in [0.2, 0.25) is 10.0 Å². The predicted molar refractivity (Wildman–Crippen MR) is 65.6 cm³/mol. The largest absolute Gasteiger partial charge is 0.390 e. The van der Waals surface area contributed by atoms with Crippen LogP contribution >= 0.6 is 23.2 Å². The van der Waals surface area contributed by atoms with Crippen LogP contribution in [0.25, 0.3) is 11.3 Å². The number of nitrogens with zero attached hydrogens (tertiary/aromatic N) is 1. The lowest BCUT2D eigenvalue weighted by Crippen LogP contribution is -1.95. The minimum atomic E-state index is -0.486. The van der Waals surface area contributed by atoms with Crippen molar-refractivity contribution in [3.8, 4) is 11.3 Å². The van der Waals surface area contributed by atoms with Crippen molar-refractivity contribution in [1.29, 1.82) is 0 Å². The second kappa shape index (κ2) is 5.00. The summed E-state index contributed by atoms with van der Waals surface area (Å²) in [7, 11) is 0. The number of benzene rings is 1. The molecule has 0 saturated carbocycles. The van der Waals surface area contributed by atoms with Gasteiger partial charge in [0, 0.05) is 15.6 Å². The zero-order valence-corrected chi connectivity index (χ0v) is 10.1. The van der Waals surface area contributed by atoms with Crippen molar-refractivity contribution >= 4 is 23.2 Å². The molecule has 0 aliphatic heterocycles. The fourth-order valence-corrected chi connectivity index (χ4v) is 1.99. The SMILES string of the molecule is OCc1ccc(F)c(-c2cc(Cl)cc(Cl)c2)n1. The van der Waals surface area contributed by atoms with Gasteiger partial charge in [-0.15, -0.1) is 0 Å². The Hall–Kier alpha value is -1.16. The second-order valence-electron chi connectivity index (χ2n) is 3.45. The van der Waals surface area contributed by atoms with Gasteiger partial charge < -0.3 is 5.11 Å². The molecule has 1 aromatic heterocycles. The average Bonchev–Trinajstić information content (AvgIpc) is 2.28. The molecule has 1 N–H and O–H groups in total. The molecule has 1 aromatic carbocycles. The van der Waals surface area contributed by atoms with Gasteiger partial charge in [-0.1, -0.05) is 23.2 Å². The van der Waals surface area contributed by atoms with Gasteiger partial charge in [-0.3, -0.25) is 0 Å². The monoisotopic (exact) mass is 271 g/mol. The molecular formula is C12H8Cl2FNO. The van der Waals surface area contributed by atoms with Gasteiger partial charge in [0.15, 0.2) is 0 Å². The van der Waals surface area contributed by atoms with Crippen molar-refractivity contribution in [2.75, 3.05) is 0 Å². The Morgan fingerprint density at radius 3 is 2.35 bits per heavy atom. The van der Waals surface area contributed by atoms with Gasteiger partial charge in [-0.05, 0) is 30.3 Å². The molecule has 0 unspecified atom stereocenters. The summed E-state index contributed by atoms with van der Waals surface area (Å²) in [5.41, 5.74) is 0.994. The minimum Gasteiger partial charge on any atom is -0.390 e. The second-order valence-corrected chi connectivity index (χ2v) is 4.32. The molecule has 0 bridgehead atoms. The first-order valence-electron chi connectivity index (χ1n) is 4.83. The third-order valence-corrected chi connectivity index (χ3v) is 2.64. The number of aliphatic hydroxyl groups is 1. The van der Waals surface area contributed by atoms with Crippen molar-refractivity contribution in [3.05, 3.63) is 51.9 Å². The summed E-state index contributed by atoms with van der Waals surface area (Å²) in [6, 6.07) is 7.37. The standard InChI is InChI=1S/C12H8Cl2FNO/c13-8-3-7(4-9(14)5-8)12-11(15)2-1-10(6-17)16-12/h1-5,17H,6H2. The van der Waals surface area contributed by atoms with Crippen LogP contribution in [0.15, 0.2) is 30.3 Å². The summed E-state index contributed by atoms with van der Waals surface area (Å²) in [5.74, 6) is -0.486. The van der Waals surface area contributed by atoms with Gasteiger partial charge >= 0.3 is 0 Å². The first-order chi connectivity index (χ1) is 8.10. The maximum Gasteiger partial charge on any atom is 0.149 e. The zero-order chi connectivity index (χ0) is 12.4. The molecule has 2 rings (SSSR count). The first kappa shape index (κ1) is 12.3. The van der Waals surface area contributed by atoms with Gasteiger partial charge in [-0.25, -0.2) is 9.37 Å². The van der Waals surface area contributed by atoms with E-state index in [4.69, 9.17) is 28.3 Å². The average molecular weight is 272 g/mol. The molecule has 17 heavy (non-hydrogen) atoms.